The van der Waals surface area contributed by atoms with Crippen LogP contribution in [0.5, 0.6) is 0 Å². The number of carbonyl (C=O) groups is 1. The third-order valence-electron chi connectivity index (χ3n) is 5.47. The fourth-order valence-corrected chi connectivity index (χ4v) is 3.98. The first-order valence-corrected chi connectivity index (χ1v) is 10.2. The van der Waals surface area contributed by atoms with E-state index in [-0.39, 0.29) is 22.1 Å². The normalized spacial score (nSPS) is 15.6. The van der Waals surface area contributed by atoms with Gasteiger partial charge >= 0.3 is 6.18 Å². The molecule has 1 aromatic carbocycles. The zero-order valence-corrected chi connectivity index (χ0v) is 17.8. The molecular formula is C21H21ClF3N5O. The Morgan fingerprint density at radius 3 is 2.45 bits per heavy atom. The highest BCUT2D eigenvalue weighted by atomic mass is 35.5. The predicted molar refractivity (Wildman–Crippen MR) is 110 cm³/mol. The molecule has 6 nitrogen and oxygen atoms in total. The average Bonchev–Trinajstić information content (AvgIpc) is 3.05. The van der Waals surface area contributed by atoms with Gasteiger partial charge in [-0.1, -0.05) is 35.9 Å². The monoisotopic (exact) mass is 451 g/mol. The lowest BCUT2D eigenvalue weighted by Crippen LogP contribution is -2.48. The molecule has 0 atom stereocenters. The van der Waals surface area contributed by atoms with Gasteiger partial charge in [0.1, 0.15) is 10.7 Å². The Morgan fingerprint density at radius 1 is 1.13 bits per heavy atom. The summed E-state index contributed by atoms with van der Waals surface area (Å²) in [6, 6.07) is 9.02. The summed E-state index contributed by atoms with van der Waals surface area (Å²) in [5, 5.41) is 3.73. The summed E-state index contributed by atoms with van der Waals surface area (Å²) < 4.78 is 40.8. The van der Waals surface area contributed by atoms with E-state index in [9.17, 15) is 18.0 Å². The molecule has 1 saturated heterocycles. The molecule has 2 aromatic heterocycles. The first kappa shape index (κ1) is 21.6. The van der Waals surface area contributed by atoms with Gasteiger partial charge in [0.2, 0.25) is 0 Å². The van der Waals surface area contributed by atoms with E-state index in [2.05, 4.69) is 34.0 Å². The summed E-state index contributed by atoms with van der Waals surface area (Å²) in [6.45, 7) is 6.45. The van der Waals surface area contributed by atoms with Crippen LogP contribution >= 0.6 is 11.6 Å². The SMILES string of the molecule is Cc1cc(C(F)(F)F)n2nc(C(=O)N3CCN(Cc4ccccc4C)CC3)c(Cl)c2n1. The number of benzene rings is 1. The van der Waals surface area contributed by atoms with Crippen molar-refractivity contribution in [3.05, 3.63) is 63.6 Å². The summed E-state index contributed by atoms with van der Waals surface area (Å²) in [4.78, 5) is 20.9. The van der Waals surface area contributed by atoms with Gasteiger partial charge in [-0.15, -0.1) is 0 Å². The Kier molecular flexibility index (Phi) is 5.65. The van der Waals surface area contributed by atoms with Crippen molar-refractivity contribution in [1.29, 1.82) is 0 Å². The fraction of sp³-hybridized carbons (Fsp3) is 0.381. The van der Waals surface area contributed by atoms with E-state index < -0.39 is 17.8 Å². The molecule has 1 aliphatic rings. The molecule has 1 fully saturated rings. The van der Waals surface area contributed by atoms with Crippen molar-refractivity contribution in [1.82, 2.24) is 24.4 Å². The van der Waals surface area contributed by atoms with Gasteiger partial charge in [0.25, 0.3) is 5.91 Å². The predicted octanol–water partition coefficient (Wildman–Crippen LogP) is 3.98. The molecule has 1 amide bonds. The van der Waals surface area contributed by atoms with Gasteiger partial charge in [0.05, 0.1) is 0 Å². The van der Waals surface area contributed by atoms with Crippen molar-refractivity contribution in [2.75, 3.05) is 26.2 Å². The number of aryl methyl sites for hydroxylation is 2. The van der Waals surface area contributed by atoms with Crippen LogP contribution in [0.15, 0.2) is 30.3 Å². The molecule has 31 heavy (non-hydrogen) atoms. The summed E-state index contributed by atoms with van der Waals surface area (Å²) in [6.07, 6.45) is -4.65. The number of carbonyl (C=O) groups excluding carboxylic acids is 1. The molecule has 0 radical (unpaired) electrons. The largest absolute Gasteiger partial charge is 0.433 e. The third kappa shape index (κ3) is 4.24. The lowest BCUT2D eigenvalue weighted by molar-refractivity contribution is -0.142. The second-order valence-electron chi connectivity index (χ2n) is 7.67. The Bertz CT molecular complexity index is 1140. The second kappa shape index (κ2) is 8.12. The number of alkyl halides is 3. The fourth-order valence-electron chi connectivity index (χ4n) is 3.74. The highest BCUT2D eigenvalue weighted by Crippen LogP contribution is 2.32. The molecule has 3 heterocycles. The van der Waals surface area contributed by atoms with Gasteiger partial charge in [-0.25, -0.2) is 9.50 Å². The molecule has 164 valence electrons. The van der Waals surface area contributed by atoms with Crippen molar-refractivity contribution in [3.63, 3.8) is 0 Å². The van der Waals surface area contributed by atoms with Crippen molar-refractivity contribution >= 4 is 23.2 Å². The highest BCUT2D eigenvalue weighted by Gasteiger charge is 2.37. The number of halogens is 4. The summed E-state index contributed by atoms with van der Waals surface area (Å²) >= 11 is 6.25. The number of hydrogen-bond donors (Lipinski definition) is 0. The summed E-state index contributed by atoms with van der Waals surface area (Å²) in [5.41, 5.74) is 1.19. The number of nitrogens with zero attached hydrogens (tertiary/aromatic N) is 5. The van der Waals surface area contributed by atoms with Gasteiger partial charge < -0.3 is 4.90 Å². The van der Waals surface area contributed by atoms with Gasteiger partial charge in [-0.3, -0.25) is 9.69 Å². The van der Waals surface area contributed by atoms with E-state index in [0.717, 1.165) is 12.6 Å². The van der Waals surface area contributed by atoms with Crippen molar-refractivity contribution < 1.29 is 18.0 Å². The number of hydrogen-bond acceptors (Lipinski definition) is 4. The molecule has 0 spiro atoms. The third-order valence-corrected chi connectivity index (χ3v) is 5.82. The molecular weight excluding hydrogens is 431 g/mol. The number of amides is 1. The van der Waals surface area contributed by atoms with E-state index in [1.54, 1.807) is 4.90 Å². The van der Waals surface area contributed by atoms with Crippen molar-refractivity contribution in [3.8, 4) is 0 Å². The van der Waals surface area contributed by atoms with E-state index in [1.165, 1.54) is 18.1 Å². The molecule has 0 saturated carbocycles. The van der Waals surface area contributed by atoms with Crippen LogP contribution in [-0.4, -0.2) is 56.5 Å². The molecule has 3 aromatic rings. The molecule has 0 unspecified atom stereocenters. The maximum absolute atomic E-state index is 13.4. The topological polar surface area (TPSA) is 53.7 Å². The van der Waals surface area contributed by atoms with E-state index >= 15 is 0 Å². The molecule has 0 N–H and O–H groups in total. The highest BCUT2D eigenvalue weighted by molar-refractivity contribution is 6.36. The lowest BCUT2D eigenvalue weighted by Gasteiger charge is -2.34. The average molecular weight is 452 g/mol. The zero-order chi connectivity index (χ0) is 22.3. The standard InChI is InChI=1S/C21H21ClF3N5O/c1-13-5-3-4-6-15(13)12-28-7-9-29(10-8-28)20(31)18-17(22)19-26-14(2)11-16(21(23,24)25)30(19)27-18/h3-6,11H,7-10,12H2,1-2H3. The van der Waals surface area contributed by atoms with Crippen LogP contribution in [0.2, 0.25) is 5.02 Å². The summed E-state index contributed by atoms with van der Waals surface area (Å²) in [5.74, 6) is -0.489. The maximum atomic E-state index is 13.4. The Hall–Kier alpha value is -2.65. The van der Waals surface area contributed by atoms with E-state index in [0.29, 0.717) is 30.7 Å². The minimum atomic E-state index is -4.65. The van der Waals surface area contributed by atoms with Crippen LogP contribution in [-0.2, 0) is 12.7 Å². The van der Waals surface area contributed by atoms with Crippen LogP contribution in [0.4, 0.5) is 13.2 Å². The molecule has 1 aliphatic heterocycles. The van der Waals surface area contributed by atoms with Crippen LogP contribution in [0.1, 0.15) is 33.0 Å². The molecule has 0 aliphatic carbocycles. The first-order chi connectivity index (χ1) is 14.6. The Morgan fingerprint density at radius 2 is 1.81 bits per heavy atom. The molecule has 4 rings (SSSR count). The van der Waals surface area contributed by atoms with E-state index in [4.69, 9.17) is 11.6 Å². The smallest absolute Gasteiger partial charge is 0.335 e. The molecule has 0 bridgehead atoms. The van der Waals surface area contributed by atoms with E-state index in [1.807, 2.05) is 12.1 Å². The number of rotatable bonds is 3. The maximum Gasteiger partial charge on any atom is 0.433 e. The number of piperazine rings is 1. The Labute approximate surface area is 182 Å². The van der Waals surface area contributed by atoms with Gasteiger partial charge in [0.15, 0.2) is 11.3 Å². The number of fused-ring (bicyclic) bond motifs is 1. The van der Waals surface area contributed by atoms with Crippen LogP contribution in [0.3, 0.4) is 0 Å². The van der Waals surface area contributed by atoms with Gasteiger partial charge in [-0.05, 0) is 31.0 Å². The quantitative estimate of drug-likeness (QED) is 0.604. The van der Waals surface area contributed by atoms with Crippen LogP contribution in [0, 0.1) is 13.8 Å². The van der Waals surface area contributed by atoms with Gasteiger partial charge in [0, 0.05) is 38.4 Å². The molecule has 10 heteroatoms. The minimum absolute atomic E-state index is 0.144. The van der Waals surface area contributed by atoms with Crippen molar-refractivity contribution in [2.24, 2.45) is 0 Å². The zero-order valence-electron chi connectivity index (χ0n) is 17.1. The minimum Gasteiger partial charge on any atom is -0.335 e. The van der Waals surface area contributed by atoms with Gasteiger partial charge in [-0.2, -0.15) is 18.3 Å². The first-order valence-electron chi connectivity index (χ1n) is 9.84. The van der Waals surface area contributed by atoms with Crippen molar-refractivity contribution in [2.45, 2.75) is 26.6 Å². The second-order valence-corrected chi connectivity index (χ2v) is 8.05. The number of aromatic nitrogens is 3. The van der Waals surface area contributed by atoms with Crippen LogP contribution in [0.25, 0.3) is 5.65 Å². The van der Waals surface area contributed by atoms with Crippen LogP contribution < -0.4 is 0 Å². The Balaban J connectivity index is 1.53. The lowest BCUT2D eigenvalue weighted by atomic mass is 10.1. The summed E-state index contributed by atoms with van der Waals surface area (Å²) in [7, 11) is 0.